The summed E-state index contributed by atoms with van der Waals surface area (Å²) in [6.07, 6.45) is 5.33. The van der Waals surface area contributed by atoms with Gasteiger partial charge < -0.3 is 30.7 Å². The van der Waals surface area contributed by atoms with Crippen LogP contribution in [0.1, 0.15) is 43.6 Å². The monoisotopic (exact) mass is 448 g/mol. The lowest BCUT2D eigenvalue weighted by atomic mass is 9.84. The molecule has 10 heteroatoms. The van der Waals surface area contributed by atoms with E-state index >= 15 is 0 Å². The number of nitrogens with two attached hydrogens (primary N) is 1. The van der Waals surface area contributed by atoms with Crippen molar-refractivity contribution in [2.45, 2.75) is 57.2 Å². The van der Waals surface area contributed by atoms with E-state index in [9.17, 15) is 9.59 Å². The number of anilines is 1. The number of carbonyl (C=O) groups is 2. The number of aromatic nitrogens is 2. The van der Waals surface area contributed by atoms with E-state index in [4.69, 9.17) is 20.2 Å². The van der Waals surface area contributed by atoms with E-state index in [0.717, 1.165) is 25.7 Å². The normalized spacial score (nSPS) is 22.5. The molecular formula is C22H36N6O4. The van der Waals surface area contributed by atoms with Crippen molar-refractivity contribution in [3.05, 3.63) is 17.6 Å². The second kappa shape index (κ2) is 12.1. The third kappa shape index (κ3) is 6.14. The number of ether oxygens (including phenoxy) is 2. The molecule has 2 aliphatic rings. The van der Waals surface area contributed by atoms with E-state index in [0.29, 0.717) is 49.6 Å². The summed E-state index contributed by atoms with van der Waals surface area (Å²) in [5.41, 5.74) is 6.56. The van der Waals surface area contributed by atoms with Crippen molar-refractivity contribution in [1.29, 1.82) is 0 Å². The zero-order valence-electron chi connectivity index (χ0n) is 19.1. The lowest BCUT2D eigenvalue weighted by Crippen LogP contribution is -2.48. The van der Waals surface area contributed by atoms with Crippen LogP contribution in [0.2, 0.25) is 0 Å². The molecule has 4 N–H and O–H groups in total. The van der Waals surface area contributed by atoms with Crippen LogP contribution in [0.15, 0.2) is 6.07 Å². The maximum absolute atomic E-state index is 13.1. The zero-order valence-corrected chi connectivity index (χ0v) is 19.1. The number of rotatable bonds is 11. The number of hydrogen-bond donors (Lipinski definition) is 3. The van der Waals surface area contributed by atoms with Gasteiger partial charge in [-0.15, -0.1) is 0 Å². The van der Waals surface area contributed by atoms with Gasteiger partial charge in [-0.2, -0.15) is 0 Å². The summed E-state index contributed by atoms with van der Waals surface area (Å²) in [7, 11) is 3.20. The first-order chi connectivity index (χ1) is 15.6. The van der Waals surface area contributed by atoms with Gasteiger partial charge in [0, 0.05) is 46.0 Å². The molecule has 3 rings (SSSR count). The highest BCUT2D eigenvalue weighted by molar-refractivity contribution is 5.86. The van der Waals surface area contributed by atoms with Crippen LogP contribution in [-0.4, -0.2) is 74.4 Å². The molecular weight excluding hydrogens is 412 g/mol. The zero-order chi connectivity index (χ0) is 22.9. The molecule has 0 radical (unpaired) electrons. The number of hydrogen-bond acceptors (Lipinski definition) is 8. The second-order valence-electron chi connectivity index (χ2n) is 8.41. The molecule has 2 fully saturated rings. The average molecular weight is 449 g/mol. The maximum Gasteiger partial charge on any atom is 0.242 e. The second-order valence-corrected chi connectivity index (χ2v) is 8.41. The van der Waals surface area contributed by atoms with E-state index in [1.54, 1.807) is 14.2 Å². The van der Waals surface area contributed by atoms with Gasteiger partial charge in [0.1, 0.15) is 17.7 Å². The average Bonchev–Trinajstić information content (AvgIpc) is 3.19. The van der Waals surface area contributed by atoms with Gasteiger partial charge in [-0.25, -0.2) is 9.97 Å². The highest BCUT2D eigenvalue weighted by atomic mass is 16.5. The number of amides is 2. The number of methoxy groups -OCH3 is 2. The standard InChI is InChI=1S/C22H36N6O4/c1-31-9-7-24-21(29)13-19-26-16(14-23)12-20(27-19)28-17-6-4-3-5-15(17)11-18(28)22(30)25-8-10-32-2/h12,15,17-18H,3-11,13-14,23H2,1-2H3,(H,24,29)(H,25,30)/t15-,17-,18-/m0/s1. The van der Waals surface area contributed by atoms with E-state index in [1.165, 1.54) is 6.42 Å². The lowest BCUT2D eigenvalue weighted by molar-refractivity contribution is -0.122. The van der Waals surface area contributed by atoms with E-state index in [-0.39, 0.29) is 36.9 Å². The van der Waals surface area contributed by atoms with Crippen LogP contribution in [0.3, 0.4) is 0 Å². The number of nitrogens with zero attached hydrogens (tertiary/aromatic N) is 3. The molecule has 1 saturated carbocycles. The van der Waals surface area contributed by atoms with Gasteiger partial charge in [0.05, 0.1) is 25.3 Å². The minimum absolute atomic E-state index is 0.0109. The summed E-state index contributed by atoms with van der Waals surface area (Å²) in [6, 6.07) is 1.81. The maximum atomic E-state index is 13.1. The molecule has 2 heterocycles. The molecule has 0 bridgehead atoms. The fourth-order valence-electron chi connectivity index (χ4n) is 4.77. The first kappa shape index (κ1) is 24.3. The molecule has 1 saturated heterocycles. The Kier molecular flexibility index (Phi) is 9.19. The van der Waals surface area contributed by atoms with E-state index in [2.05, 4.69) is 20.5 Å². The molecule has 32 heavy (non-hydrogen) atoms. The summed E-state index contributed by atoms with van der Waals surface area (Å²) in [4.78, 5) is 36.7. The summed E-state index contributed by atoms with van der Waals surface area (Å²) < 4.78 is 10.0. The van der Waals surface area contributed by atoms with Gasteiger partial charge in [-0.3, -0.25) is 9.59 Å². The quantitative estimate of drug-likeness (QED) is 0.408. The summed E-state index contributed by atoms with van der Waals surface area (Å²) in [5.74, 6) is 1.37. The van der Waals surface area contributed by atoms with Gasteiger partial charge in [0.25, 0.3) is 0 Å². The van der Waals surface area contributed by atoms with Crippen LogP contribution in [0.5, 0.6) is 0 Å². The minimum Gasteiger partial charge on any atom is -0.383 e. The lowest BCUT2D eigenvalue weighted by Gasteiger charge is -2.34. The van der Waals surface area contributed by atoms with Crippen LogP contribution < -0.4 is 21.3 Å². The molecule has 1 aromatic rings. The van der Waals surface area contributed by atoms with Crippen molar-refractivity contribution < 1.29 is 19.1 Å². The van der Waals surface area contributed by atoms with Gasteiger partial charge in [0.2, 0.25) is 11.8 Å². The Morgan fingerprint density at radius 2 is 1.84 bits per heavy atom. The first-order valence-electron chi connectivity index (χ1n) is 11.4. The predicted octanol–water partition coefficient (Wildman–Crippen LogP) is 0.141. The van der Waals surface area contributed by atoms with Gasteiger partial charge >= 0.3 is 0 Å². The highest BCUT2D eigenvalue weighted by Crippen LogP contribution is 2.42. The van der Waals surface area contributed by atoms with Crippen LogP contribution in [0, 0.1) is 5.92 Å². The molecule has 0 aromatic carbocycles. The number of fused-ring (bicyclic) bond motifs is 1. The highest BCUT2D eigenvalue weighted by Gasteiger charge is 2.45. The summed E-state index contributed by atoms with van der Waals surface area (Å²) in [5, 5.41) is 5.78. The van der Waals surface area contributed by atoms with Crippen LogP contribution >= 0.6 is 0 Å². The molecule has 0 spiro atoms. The molecule has 3 atom stereocenters. The van der Waals surface area contributed by atoms with E-state index < -0.39 is 0 Å². The third-order valence-corrected chi connectivity index (χ3v) is 6.23. The SMILES string of the molecule is COCCNC(=O)Cc1nc(CN)cc(N2[C@H](C(=O)NCCOC)C[C@@H]3CCCC[C@@H]32)n1. The van der Waals surface area contributed by atoms with Gasteiger partial charge in [-0.05, 0) is 25.2 Å². The van der Waals surface area contributed by atoms with Crippen LogP contribution in [-0.2, 0) is 32.0 Å². The Labute approximate surface area is 189 Å². The Morgan fingerprint density at radius 3 is 2.56 bits per heavy atom. The Balaban J connectivity index is 1.84. The molecule has 178 valence electrons. The van der Waals surface area contributed by atoms with Gasteiger partial charge in [-0.1, -0.05) is 12.8 Å². The molecule has 2 amide bonds. The van der Waals surface area contributed by atoms with Gasteiger partial charge in [0.15, 0.2) is 0 Å². The Morgan fingerprint density at radius 1 is 1.12 bits per heavy atom. The third-order valence-electron chi connectivity index (χ3n) is 6.23. The smallest absolute Gasteiger partial charge is 0.242 e. The van der Waals surface area contributed by atoms with Crippen molar-refractivity contribution in [3.63, 3.8) is 0 Å². The largest absolute Gasteiger partial charge is 0.383 e. The fraction of sp³-hybridized carbons (Fsp3) is 0.727. The van der Waals surface area contributed by atoms with Crippen molar-refractivity contribution in [2.24, 2.45) is 11.7 Å². The van der Waals surface area contributed by atoms with E-state index in [1.807, 2.05) is 6.07 Å². The van der Waals surface area contributed by atoms with Crippen LogP contribution in [0.25, 0.3) is 0 Å². The minimum atomic E-state index is -0.302. The molecule has 1 aliphatic carbocycles. The Bertz CT molecular complexity index is 777. The summed E-state index contributed by atoms with van der Waals surface area (Å²) >= 11 is 0. The predicted molar refractivity (Wildman–Crippen MR) is 120 cm³/mol. The van der Waals surface area contributed by atoms with Crippen molar-refractivity contribution >= 4 is 17.6 Å². The molecule has 0 unspecified atom stereocenters. The Hall–Kier alpha value is -2.30. The molecule has 10 nitrogen and oxygen atoms in total. The first-order valence-corrected chi connectivity index (χ1v) is 11.4. The summed E-state index contributed by atoms with van der Waals surface area (Å²) in [6.45, 7) is 2.05. The van der Waals surface area contributed by atoms with Crippen molar-refractivity contribution in [1.82, 2.24) is 20.6 Å². The van der Waals surface area contributed by atoms with Crippen LogP contribution in [0.4, 0.5) is 5.82 Å². The molecule has 1 aromatic heterocycles. The number of nitrogens with one attached hydrogen (secondary N) is 2. The fourth-order valence-corrected chi connectivity index (χ4v) is 4.77. The molecule has 1 aliphatic heterocycles. The van der Waals surface area contributed by atoms with Crippen molar-refractivity contribution in [2.75, 3.05) is 45.4 Å². The number of carbonyl (C=O) groups excluding carboxylic acids is 2. The topological polar surface area (TPSA) is 132 Å². The van der Waals surface area contributed by atoms with Crippen molar-refractivity contribution in [3.8, 4) is 0 Å².